The van der Waals surface area contributed by atoms with E-state index in [9.17, 15) is 4.39 Å². The molecule has 0 aliphatic carbocycles. The first-order chi connectivity index (χ1) is 8.24. The maximum atomic E-state index is 12.8. The Morgan fingerprint density at radius 3 is 2.59 bits per heavy atom. The summed E-state index contributed by atoms with van der Waals surface area (Å²) in [5, 5.41) is 0.987. The molecule has 0 amide bonds. The fraction of sp³-hybridized carbons (Fsp3) is 0. The molecule has 0 aliphatic rings. The van der Waals surface area contributed by atoms with Crippen molar-refractivity contribution in [2.75, 3.05) is 0 Å². The fourth-order valence-corrected chi connectivity index (χ4v) is 1.76. The lowest BCUT2D eigenvalue weighted by Gasteiger charge is -1.94. The molecule has 0 atom stereocenters. The van der Waals surface area contributed by atoms with Gasteiger partial charge < -0.3 is 4.42 Å². The van der Waals surface area contributed by atoms with Crippen molar-refractivity contribution in [2.45, 2.75) is 0 Å². The third-order valence-electron chi connectivity index (χ3n) is 2.41. The molecule has 5 heteroatoms. The van der Waals surface area contributed by atoms with Gasteiger partial charge in [0.15, 0.2) is 0 Å². The van der Waals surface area contributed by atoms with Crippen LogP contribution in [0.4, 0.5) is 4.39 Å². The Labute approximate surface area is 101 Å². The Morgan fingerprint density at radius 1 is 1.12 bits per heavy atom. The molecule has 0 radical (unpaired) electrons. The topological polar surface area (TPSA) is 38.9 Å². The van der Waals surface area contributed by atoms with E-state index in [0.717, 1.165) is 5.56 Å². The summed E-state index contributed by atoms with van der Waals surface area (Å²) in [6.07, 6.45) is 1.34. The number of hydrogen-bond acceptors (Lipinski definition) is 3. The molecule has 2 heterocycles. The quantitative estimate of drug-likeness (QED) is 0.617. The van der Waals surface area contributed by atoms with Gasteiger partial charge in [-0.3, -0.25) is 0 Å². The zero-order valence-corrected chi connectivity index (χ0v) is 9.28. The van der Waals surface area contributed by atoms with Gasteiger partial charge in [0, 0.05) is 5.56 Å². The summed E-state index contributed by atoms with van der Waals surface area (Å²) in [5.74, 6) is 0.296. The molecule has 0 aliphatic heterocycles. The van der Waals surface area contributed by atoms with E-state index < -0.39 is 0 Å². The van der Waals surface area contributed by atoms with Crippen LogP contribution in [0.3, 0.4) is 0 Å². The van der Waals surface area contributed by atoms with Gasteiger partial charge in [-0.1, -0.05) is 11.6 Å². The van der Waals surface area contributed by atoms with E-state index in [2.05, 4.69) is 9.97 Å². The molecule has 0 N–H and O–H groups in total. The standard InChI is InChI=1S/C12H6ClFN2O/c13-11-9-5-10(17-12(9)16-6-15-11)7-1-3-8(14)4-2-7/h1-6H. The van der Waals surface area contributed by atoms with Crippen LogP contribution in [0, 0.1) is 5.82 Å². The van der Waals surface area contributed by atoms with Crippen LogP contribution < -0.4 is 0 Å². The first-order valence-corrected chi connectivity index (χ1v) is 5.28. The molecule has 0 unspecified atom stereocenters. The van der Waals surface area contributed by atoms with Crippen LogP contribution >= 0.6 is 11.6 Å². The van der Waals surface area contributed by atoms with E-state index in [1.54, 1.807) is 18.2 Å². The van der Waals surface area contributed by atoms with E-state index in [1.165, 1.54) is 18.5 Å². The first kappa shape index (κ1) is 10.2. The SMILES string of the molecule is Fc1ccc(-c2cc3c(Cl)ncnc3o2)cc1. The molecule has 1 aromatic carbocycles. The van der Waals surface area contributed by atoms with Crippen LogP contribution in [0.5, 0.6) is 0 Å². The molecule has 2 aromatic heterocycles. The maximum absolute atomic E-state index is 12.8. The van der Waals surface area contributed by atoms with Crippen molar-refractivity contribution in [3.8, 4) is 11.3 Å². The van der Waals surface area contributed by atoms with Crippen LogP contribution in [-0.4, -0.2) is 9.97 Å². The number of hydrogen-bond donors (Lipinski definition) is 0. The van der Waals surface area contributed by atoms with Crippen LogP contribution in [0.15, 0.2) is 41.1 Å². The van der Waals surface area contributed by atoms with Gasteiger partial charge in [-0.15, -0.1) is 0 Å². The van der Waals surface area contributed by atoms with Gasteiger partial charge in [0.25, 0.3) is 0 Å². The van der Waals surface area contributed by atoms with E-state index in [-0.39, 0.29) is 5.82 Å². The van der Waals surface area contributed by atoms with Crippen LogP contribution in [-0.2, 0) is 0 Å². The smallest absolute Gasteiger partial charge is 0.231 e. The highest BCUT2D eigenvalue weighted by Crippen LogP contribution is 2.29. The second kappa shape index (κ2) is 3.82. The predicted octanol–water partition coefficient (Wildman–Crippen LogP) is 3.68. The summed E-state index contributed by atoms with van der Waals surface area (Å²) in [4.78, 5) is 7.83. The monoisotopic (exact) mass is 248 g/mol. The lowest BCUT2D eigenvalue weighted by Crippen LogP contribution is -1.77. The fourth-order valence-electron chi connectivity index (χ4n) is 1.58. The molecular weight excluding hydrogens is 243 g/mol. The third kappa shape index (κ3) is 1.76. The summed E-state index contributed by atoms with van der Waals surface area (Å²) in [6, 6.07) is 7.75. The van der Waals surface area contributed by atoms with Gasteiger partial charge in [0.05, 0.1) is 5.39 Å². The number of rotatable bonds is 1. The Kier molecular flexibility index (Phi) is 2.30. The van der Waals surface area contributed by atoms with Crippen molar-refractivity contribution in [3.63, 3.8) is 0 Å². The third-order valence-corrected chi connectivity index (χ3v) is 2.71. The molecule has 0 bridgehead atoms. The Balaban J connectivity index is 2.18. The molecule has 0 saturated heterocycles. The van der Waals surface area contributed by atoms with Gasteiger partial charge in [-0.2, -0.15) is 0 Å². The molecule has 0 fully saturated rings. The lowest BCUT2D eigenvalue weighted by atomic mass is 10.1. The molecule has 17 heavy (non-hydrogen) atoms. The number of halogens is 2. The summed E-state index contributed by atoms with van der Waals surface area (Å²) in [6.45, 7) is 0. The molecule has 3 aromatic rings. The maximum Gasteiger partial charge on any atom is 0.231 e. The summed E-state index contributed by atoms with van der Waals surface area (Å²) in [7, 11) is 0. The number of benzene rings is 1. The molecule has 0 saturated carbocycles. The van der Waals surface area contributed by atoms with Crippen molar-refractivity contribution < 1.29 is 8.81 Å². The second-order valence-corrected chi connectivity index (χ2v) is 3.86. The number of fused-ring (bicyclic) bond motifs is 1. The minimum Gasteiger partial charge on any atom is -0.438 e. The zero-order valence-electron chi connectivity index (χ0n) is 8.52. The number of furan rings is 1. The molecule has 3 nitrogen and oxygen atoms in total. The normalized spacial score (nSPS) is 10.9. The van der Waals surface area contributed by atoms with Gasteiger partial charge in [0.2, 0.25) is 5.71 Å². The van der Waals surface area contributed by atoms with Crippen LogP contribution in [0.2, 0.25) is 5.15 Å². The van der Waals surface area contributed by atoms with E-state index in [4.69, 9.17) is 16.0 Å². The Morgan fingerprint density at radius 2 is 1.88 bits per heavy atom. The Bertz CT molecular complexity index is 679. The van der Waals surface area contributed by atoms with Gasteiger partial charge >= 0.3 is 0 Å². The molecular formula is C12H6ClFN2O. The number of nitrogens with zero attached hydrogens (tertiary/aromatic N) is 2. The highest BCUT2D eigenvalue weighted by molar-refractivity contribution is 6.33. The van der Waals surface area contributed by atoms with Crippen LogP contribution in [0.1, 0.15) is 0 Å². The molecule has 84 valence electrons. The van der Waals surface area contributed by atoms with Crippen molar-refractivity contribution in [3.05, 3.63) is 47.6 Å². The average Bonchev–Trinajstić information content (AvgIpc) is 2.75. The van der Waals surface area contributed by atoms with Gasteiger partial charge in [-0.25, -0.2) is 14.4 Å². The van der Waals surface area contributed by atoms with Crippen molar-refractivity contribution in [1.29, 1.82) is 0 Å². The molecule has 0 spiro atoms. The van der Waals surface area contributed by atoms with E-state index >= 15 is 0 Å². The Hall–Kier alpha value is -1.94. The highest BCUT2D eigenvalue weighted by atomic mass is 35.5. The minimum atomic E-state index is -0.289. The number of aromatic nitrogens is 2. The van der Waals surface area contributed by atoms with E-state index in [0.29, 0.717) is 22.0 Å². The van der Waals surface area contributed by atoms with Crippen LogP contribution in [0.25, 0.3) is 22.4 Å². The van der Waals surface area contributed by atoms with Crippen molar-refractivity contribution in [2.24, 2.45) is 0 Å². The van der Waals surface area contributed by atoms with Crippen molar-refractivity contribution >= 4 is 22.7 Å². The summed E-state index contributed by atoms with van der Waals surface area (Å²) in [5.41, 5.74) is 1.18. The zero-order chi connectivity index (χ0) is 11.8. The molecule has 3 rings (SSSR count). The summed E-state index contributed by atoms with van der Waals surface area (Å²) < 4.78 is 18.3. The van der Waals surface area contributed by atoms with Gasteiger partial charge in [0.1, 0.15) is 23.1 Å². The summed E-state index contributed by atoms with van der Waals surface area (Å²) >= 11 is 5.91. The lowest BCUT2D eigenvalue weighted by molar-refractivity contribution is 0.614. The minimum absolute atomic E-state index is 0.289. The average molecular weight is 249 g/mol. The van der Waals surface area contributed by atoms with Crippen molar-refractivity contribution in [1.82, 2.24) is 9.97 Å². The first-order valence-electron chi connectivity index (χ1n) is 4.90. The second-order valence-electron chi connectivity index (χ2n) is 3.50. The predicted molar refractivity (Wildman–Crippen MR) is 62.2 cm³/mol. The van der Waals surface area contributed by atoms with Gasteiger partial charge in [-0.05, 0) is 30.3 Å². The highest BCUT2D eigenvalue weighted by Gasteiger charge is 2.10. The van der Waals surface area contributed by atoms with E-state index in [1.807, 2.05) is 0 Å². The largest absolute Gasteiger partial charge is 0.438 e.